The van der Waals surface area contributed by atoms with Crippen LogP contribution in [0.2, 0.25) is 0 Å². The van der Waals surface area contributed by atoms with Crippen LogP contribution in [0.25, 0.3) is 0 Å². The van der Waals surface area contributed by atoms with Gasteiger partial charge in [0.25, 0.3) is 0 Å². The predicted molar refractivity (Wildman–Crippen MR) is 40.7 cm³/mol. The summed E-state index contributed by atoms with van der Waals surface area (Å²) in [6, 6.07) is 0. The first-order chi connectivity index (χ1) is 4.85. The van der Waals surface area contributed by atoms with Crippen LogP contribution in [0, 0.1) is 0 Å². The molecule has 10 heavy (non-hydrogen) atoms. The fraction of sp³-hybridized carbons (Fsp3) is 1.00. The van der Waals surface area contributed by atoms with E-state index in [4.69, 9.17) is 15.2 Å². The molecular formula is C7H17NO2. The highest BCUT2D eigenvalue weighted by Crippen LogP contribution is 2.03. The van der Waals surface area contributed by atoms with Crippen molar-refractivity contribution in [2.75, 3.05) is 20.8 Å². The summed E-state index contributed by atoms with van der Waals surface area (Å²) in [5.74, 6) is 0. The van der Waals surface area contributed by atoms with Crippen molar-refractivity contribution in [3.63, 3.8) is 0 Å². The van der Waals surface area contributed by atoms with Crippen LogP contribution in [0.5, 0.6) is 0 Å². The molecule has 62 valence electrons. The van der Waals surface area contributed by atoms with Crippen LogP contribution >= 0.6 is 0 Å². The number of methoxy groups -OCH3 is 2. The minimum atomic E-state index is -0.0495. The first-order valence-electron chi connectivity index (χ1n) is 3.60. The summed E-state index contributed by atoms with van der Waals surface area (Å²) >= 11 is 0. The lowest BCUT2D eigenvalue weighted by atomic mass is 10.2. The van der Waals surface area contributed by atoms with Gasteiger partial charge >= 0.3 is 0 Å². The zero-order valence-electron chi connectivity index (χ0n) is 6.80. The molecule has 0 aliphatic heterocycles. The zero-order valence-corrected chi connectivity index (χ0v) is 6.80. The van der Waals surface area contributed by atoms with Gasteiger partial charge in [0, 0.05) is 14.2 Å². The third kappa shape index (κ3) is 4.73. The van der Waals surface area contributed by atoms with Crippen molar-refractivity contribution < 1.29 is 9.47 Å². The Morgan fingerprint density at radius 2 is 1.80 bits per heavy atom. The van der Waals surface area contributed by atoms with Crippen molar-refractivity contribution in [3.8, 4) is 0 Å². The summed E-state index contributed by atoms with van der Waals surface area (Å²) < 4.78 is 9.97. The lowest BCUT2D eigenvalue weighted by Crippen LogP contribution is -2.13. The number of unbranched alkanes of at least 4 members (excludes halogenated alkanes) is 1. The molecule has 3 nitrogen and oxygen atoms in total. The van der Waals surface area contributed by atoms with E-state index in [2.05, 4.69) is 0 Å². The average molecular weight is 147 g/mol. The van der Waals surface area contributed by atoms with Gasteiger partial charge in [-0.15, -0.1) is 0 Å². The summed E-state index contributed by atoms with van der Waals surface area (Å²) in [4.78, 5) is 0. The average Bonchev–Trinajstić information content (AvgIpc) is 1.99. The number of hydrogen-bond acceptors (Lipinski definition) is 3. The Labute approximate surface area is 62.5 Å². The summed E-state index contributed by atoms with van der Waals surface area (Å²) in [5.41, 5.74) is 5.32. The van der Waals surface area contributed by atoms with Gasteiger partial charge in [0.15, 0.2) is 6.29 Å². The second kappa shape index (κ2) is 6.99. The second-order valence-electron chi connectivity index (χ2n) is 2.19. The monoisotopic (exact) mass is 147 g/mol. The molecule has 0 spiro atoms. The Morgan fingerprint density at radius 3 is 2.20 bits per heavy atom. The Balaban J connectivity index is 3.09. The molecule has 0 aliphatic carbocycles. The van der Waals surface area contributed by atoms with Gasteiger partial charge < -0.3 is 15.2 Å². The van der Waals surface area contributed by atoms with Crippen LogP contribution in [0.3, 0.4) is 0 Å². The van der Waals surface area contributed by atoms with Crippen molar-refractivity contribution in [1.82, 2.24) is 0 Å². The molecule has 0 aromatic carbocycles. The molecule has 0 aromatic rings. The molecule has 0 bridgehead atoms. The van der Waals surface area contributed by atoms with E-state index in [1.165, 1.54) is 0 Å². The zero-order chi connectivity index (χ0) is 7.82. The molecule has 0 unspecified atom stereocenters. The normalized spacial score (nSPS) is 10.8. The van der Waals surface area contributed by atoms with Gasteiger partial charge in [-0.2, -0.15) is 0 Å². The van der Waals surface area contributed by atoms with Crippen molar-refractivity contribution in [3.05, 3.63) is 0 Å². The molecule has 0 saturated carbocycles. The van der Waals surface area contributed by atoms with Crippen molar-refractivity contribution in [1.29, 1.82) is 0 Å². The maximum atomic E-state index is 5.32. The van der Waals surface area contributed by atoms with E-state index in [1.807, 2.05) is 0 Å². The maximum Gasteiger partial charge on any atom is 0.156 e. The van der Waals surface area contributed by atoms with Crippen LogP contribution in [-0.4, -0.2) is 27.1 Å². The first-order valence-corrected chi connectivity index (χ1v) is 3.60. The van der Waals surface area contributed by atoms with Crippen molar-refractivity contribution >= 4 is 0 Å². The SMILES string of the molecule is COC(CCCCN)OC. The van der Waals surface area contributed by atoms with E-state index < -0.39 is 0 Å². The van der Waals surface area contributed by atoms with Gasteiger partial charge in [0.1, 0.15) is 0 Å². The van der Waals surface area contributed by atoms with Gasteiger partial charge in [-0.05, 0) is 25.8 Å². The summed E-state index contributed by atoms with van der Waals surface area (Å²) in [6.45, 7) is 0.750. The standard InChI is InChI=1S/C7H17NO2/c1-9-7(10-2)5-3-4-6-8/h7H,3-6,8H2,1-2H3. The Hall–Kier alpha value is -0.120. The molecular weight excluding hydrogens is 130 g/mol. The highest BCUT2D eigenvalue weighted by atomic mass is 16.7. The third-order valence-electron chi connectivity index (χ3n) is 1.42. The summed E-state index contributed by atoms with van der Waals surface area (Å²) in [5, 5.41) is 0. The number of nitrogens with two attached hydrogens (primary N) is 1. The minimum Gasteiger partial charge on any atom is -0.356 e. The molecule has 0 atom stereocenters. The van der Waals surface area contributed by atoms with Gasteiger partial charge in [0.05, 0.1) is 0 Å². The van der Waals surface area contributed by atoms with E-state index >= 15 is 0 Å². The lowest BCUT2D eigenvalue weighted by Gasteiger charge is -2.11. The van der Waals surface area contributed by atoms with Gasteiger partial charge in [-0.1, -0.05) is 0 Å². The molecule has 3 heteroatoms. The molecule has 0 fully saturated rings. The quantitative estimate of drug-likeness (QED) is 0.445. The second-order valence-corrected chi connectivity index (χ2v) is 2.19. The smallest absolute Gasteiger partial charge is 0.156 e. The largest absolute Gasteiger partial charge is 0.356 e. The molecule has 0 rings (SSSR count). The third-order valence-corrected chi connectivity index (χ3v) is 1.42. The molecule has 0 saturated heterocycles. The number of hydrogen-bond donors (Lipinski definition) is 1. The molecule has 2 N–H and O–H groups in total. The highest BCUT2D eigenvalue weighted by Gasteiger charge is 2.02. The molecule has 0 amide bonds. The van der Waals surface area contributed by atoms with E-state index in [0.717, 1.165) is 25.8 Å². The van der Waals surface area contributed by atoms with Crippen LogP contribution in [0.1, 0.15) is 19.3 Å². The van der Waals surface area contributed by atoms with E-state index in [0.29, 0.717) is 0 Å². The predicted octanol–water partition coefficient (Wildman–Crippen LogP) is 0.734. The maximum absolute atomic E-state index is 5.32. The molecule has 0 radical (unpaired) electrons. The van der Waals surface area contributed by atoms with Crippen LogP contribution in [0.15, 0.2) is 0 Å². The first kappa shape index (κ1) is 9.88. The highest BCUT2D eigenvalue weighted by molar-refractivity contribution is 4.45. The van der Waals surface area contributed by atoms with Crippen LogP contribution in [-0.2, 0) is 9.47 Å². The van der Waals surface area contributed by atoms with Crippen molar-refractivity contribution in [2.45, 2.75) is 25.6 Å². The topological polar surface area (TPSA) is 44.5 Å². The fourth-order valence-corrected chi connectivity index (χ4v) is 0.787. The number of ether oxygens (including phenoxy) is 2. The summed E-state index contributed by atoms with van der Waals surface area (Å²) in [7, 11) is 3.30. The summed E-state index contributed by atoms with van der Waals surface area (Å²) in [6.07, 6.45) is 3.00. The van der Waals surface area contributed by atoms with Gasteiger partial charge in [0.2, 0.25) is 0 Å². The van der Waals surface area contributed by atoms with E-state index in [1.54, 1.807) is 14.2 Å². The minimum absolute atomic E-state index is 0.0495. The van der Waals surface area contributed by atoms with Gasteiger partial charge in [-0.3, -0.25) is 0 Å². The fourth-order valence-electron chi connectivity index (χ4n) is 0.787. The molecule has 0 heterocycles. The Kier molecular flexibility index (Phi) is 6.91. The lowest BCUT2D eigenvalue weighted by molar-refractivity contribution is -0.107. The Bertz CT molecular complexity index is 64.6. The van der Waals surface area contributed by atoms with E-state index in [-0.39, 0.29) is 6.29 Å². The molecule has 0 aliphatic rings. The Morgan fingerprint density at radius 1 is 1.20 bits per heavy atom. The van der Waals surface area contributed by atoms with Crippen molar-refractivity contribution in [2.24, 2.45) is 5.73 Å². The van der Waals surface area contributed by atoms with Crippen LogP contribution < -0.4 is 5.73 Å². The number of rotatable bonds is 6. The van der Waals surface area contributed by atoms with E-state index in [9.17, 15) is 0 Å². The van der Waals surface area contributed by atoms with Crippen LogP contribution in [0.4, 0.5) is 0 Å². The van der Waals surface area contributed by atoms with Gasteiger partial charge in [-0.25, -0.2) is 0 Å². The molecule has 0 aromatic heterocycles.